The summed E-state index contributed by atoms with van der Waals surface area (Å²) in [5, 5.41) is 3.86. The molecule has 0 atom stereocenters. The Balaban J connectivity index is 0.000000191. The highest BCUT2D eigenvalue weighted by Crippen LogP contribution is 2.33. The molecule has 0 amide bonds. The summed E-state index contributed by atoms with van der Waals surface area (Å²) in [6, 6.07) is 36.9. The van der Waals surface area contributed by atoms with Crippen LogP contribution in [0.4, 0.5) is 0 Å². The van der Waals surface area contributed by atoms with Crippen molar-refractivity contribution in [2.24, 2.45) is 5.73 Å². The van der Waals surface area contributed by atoms with Gasteiger partial charge in [-0.1, -0.05) is 118 Å². The van der Waals surface area contributed by atoms with Gasteiger partial charge in [-0.2, -0.15) is 0 Å². The summed E-state index contributed by atoms with van der Waals surface area (Å²) in [6.45, 7) is 9.21. The molecule has 0 fully saturated rings. The summed E-state index contributed by atoms with van der Waals surface area (Å²) in [5.74, 6) is 2.80. The third-order valence-corrected chi connectivity index (χ3v) is 12.8. The lowest BCUT2D eigenvalue weighted by Gasteiger charge is -2.12. The number of nitrogens with two attached hydrogens (primary N) is 1. The number of fused-ring (bicyclic) bond motifs is 3. The monoisotopic (exact) mass is 998 g/mol. The molecule has 358 valence electrons. The summed E-state index contributed by atoms with van der Waals surface area (Å²) in [4.78, 5) is 23.9. The number of nitrogens with one attached hydrogen (secondary N) is 1. The number of nitrogens with zero attached hydrogens (tertiary/aromatic N) is 2. The number of aromatic amines is 1. The molecule has 0 saturated carbocycles. The van der Waals surface area contributed by atoms with E-state index in [1.54, 1.807) is 63.6 Å². The van der Waals surface area contributed by atoms with E-state index in [0.29, 0.717) is 43.7 Å². The summed E-state index contributed by atoms with van der Waals surface area (Å²) in [5.41, 5.74) is 10.8. The largest absolute Gasteiger partial charge is 0.497 e. The van der Waals surface area contributed by atoms with E-state index in [1.165, 1.54) is 6.07 Å². The molecule has 0 spiro atoms. The van der Waals surface area contributed by atoms with E-state index in [4.69, 9.17) is 59.5 Å². The summed E-state index contributed by atoms with van der Waals surface area (Å²) < 4.78 is 46.9. The maximum Gasteiger partial charge on any atom is 0.195 e. The van der Waals surface area contributed by atoms with Gasteiger partial charge in [-0.3, -0.25) is 9.78 Å². The molecule has 5 aromatic carbocycles. The first-order valence-electron chi connectivity index (χ1n) is 22.2. The number of pyridine rings is 3. The van der Waals surface area contributed by atoms with E-state index >= 15 is 0 Å². The fourth-order valence-corrected chi connectivity index (χ4v) is 8.25. The predicted molar refractivity (Wildman–Crippen MR) is 278 cm³/mol. The van der Waals surface area contributed by atoms with Crippen molar-refractivity contribution in [2.45, 2.75) is 71.6 Å². The van der Waals surface area contributed by atoms with Crippen molar-refractivity contribution in [1.29, 1.82) is 0 Å². The lowest BCUT2D eigenvalue weighted by Crippen LogP contribution is -2.07. The molecule has 0 aliphatic rings. The molecule has 0 bridgehead atoms. The van der Waals surface area contributed by atoms with E-state index in [2.05, 4.69) is 28.8 Å². The maximum atomic E-state index is 12.3. The predicted octanol–water partition coefficient (Wildman–Crippen LogP) is 12.8. The summed E-state index contributed by atoms with van der Waals surface area (Å²) >= 11 is 18.6. The highest BCUT2D eigenvalue weighted by atomic mass is 35.5. The minimum absolute atomic E-state index is 0.0367. The second-order valence-electron chi connectivity index (χ2n) is 15.2. The lowest BCUT2D eigenvalue weighted by molar-refractivity contribution is 0.308. The van der Waals surface area contributed by atoms with Crippen molar-refractivity contribution in [3.63, 3.8) is 0 Å². The summed E-state index contributed by atoms with van der Waals surface area (Å²) in [6.07, 6.45) is 3.81. The van der Waals surface area contributed by atoms with Crippen LogP contribution in [0.1, 0.15) is 63.1 Å². The first-order valence-corrected chi connectivity index (χ1v) is 25.0. The minimum Gasteiger partial charge on any atom is -0.497 e. The van der Waals surface area contributed by atoms with Gasteiger partial charge in [0.1, 0.15) is 36.2 Å². The molecule has 3 heterocycles. The van der Waals surface area contributed by atoms with Crippen LogP contribution in [0.3, 0.4) is 0 Å². The molecule has 8 aromatic rings. The standard InChI is InChI=1S/C20H20ClNO2.C19H18ClNO4S.C12H12ClNO.C2H7N/c1-3-5-15-12-19(17-6-4-7-18(21)20(17)22-15)24-13-14-8-10-16(23-2)11-9-14;1-3-26(22,23)18-11-17(15-5-4-6-16(20)19(15)21-18)25-12-13-7-9-14(24-2)10-8-13;1-2-4-8-7-11(15)9-5-3-6-10(13)12(9)14-8;1-2-3/h4,6-12H,3,5,13H2,1-2H3;4-11H,3,12H2,1-2H3;3,5-7H,2,4H2,1H3,(H,14,15);2-3H2,1H3. The fraction of sp³-hybridized carbons (Fsp3) is 0.264. The van der Waals surface area contributed by atoms with E-state index < -0.39 is 9.84 Å². The molecule has 3 aromatic heterocycles. The van der Waals surface area contributed by atoms with Crippen LogP contribution in [0.15, 0.2) is 131 Å². The van der Waals surface area contributed by atoms with Crippen LogP contribution >= 0.6 is 34.8 Å². The third-order valence-electron chi connectivity index (χ3n) is 10.2. The van der Waals surface area contributed by atoms with Gasteiger partial charge in [0.15, 0.2) is 20.3 Å². The number of para-hydroxylation sites is 3. The number of aryl methyl sites for hydroxylation is 2. The SMILES string of the molecule is CCCc1cc(=O)c2cccc(Cl)c2[nH]1.CCCc1cc(OCc2ccc(OC)cc2)c2cccc(Cl)c2n1.CCN.CCS(=O)(=O)c1cc(OCc2ccc(OC)cc2)c2cccc(Cl)c2n1. The Morgan fingerprint density at radius 3 is 1.56 bits per heavy atom. The van der Waals surface area contributed by atoms with Gasteiger partial charge in [0.25, 0.3) is 0 Å². The number of H-pyrrole nitrogens is 1. The number of methoxy groups -OCH3 is 2. The molecule has 15 heteroatoms. The zero-order valence-corrected chi connectivity index (χ0v) is 42.2. The second kappa shape index (κ2) is 26.0. The van der Waals surface area contributed by atoms with Crippen LogP contribution in [-0.2, 0) is 35.9 Å². The number of hydrogen-bond donors (Lipinski definition) is 2. The minimum atomic E-state index is -3.49. The molecular formula is C53H57Cl3N4O7S. The van der Waals surface area contributed by atoms with Gasteiger partial charge >= 0.3 is 0 Å². The molecule has 0 aliphatic carbocycles. The Hall–Kier alpha value is -5.89. The van der Waals surface area contributed by atoms with Gasteiger partial charge in [0.05, 0.1) is 51.6 Å². The number of aromatic nitrogens is 3. The normalized spacial score (nSPS) is 10.9. The molecule has 8 rings (SSSR count). The van der Waals surface area contributed by atoms with Crippen molar-refractivity contribution in [3.8, 4) is 23.0 Å². The van der Waals surface area contributed by atoms with Crippen molar-refractivity contribution >= 4 is 77.3 Å². The van der Waals surface area contributed by atoms with Crippen LogP contribution in [0, 0.1) is 0 Å². The number of sulfone groups is 1. The lowest BCUT2D eigenvalue weighted by atomic mass is 10.1. The van der Waals surface area contributed by atoms with E-state index in [1.807, 2.05) is 79.7 Å². The van der Waals surface area contributed by atoms with Crippen LogP contribution in [0.5, 0.6) is 23.0 Å². The molecule has 11 nitrogen and oxygen atoms in total. The Morgan fingerprint density at radius 2 is 1.07 bits per heavy atom. The third kappa shape index (κ3) is 14.3. The van der Waals surface area contributed by atoms with Gasteiger partial charge in [0.2, 0.25) is 0 Å². The fourth-order valence-electron chi connectivity index (χ4n) is 6.78. The van der Waals surface area contributed by atoms with Crippen molar-refractivity contribution in [2.75, 3.05) is 26.5 Å². The topological polar surface area (TPSA) is 156 Å². The van der Waals surface area contributed by atoms with Crippen LogP contribution in [-0.4, -0.2) is 49.9 Å². The zero-order valence-electron chi connectivity index (χ0n) is 39.1. The first-order chi connectivity index (χ1) is 32.8. The molecule has 68 heavy (non-hydrogen) atoms. The molecule has 3 N–H and O–H groups in total. The molecule has 0 unspecified atom stereocenters. The van der Waals surface area contributed by atoms with Gasteiger partial charge in [-0.25, -0.2) is 13.4 Å². The van der Waals surface area contributed by atoms with E-state index in [-0.39, 0.29) is 22.8 Å². The van der Waals surface area contributed by atoms with Crippen molar-refractivity contribution in [1.82, 2.24) is 15.0 Å². The van der Waals surface area contributed by atoms with Crippen LogP contribution < -0.4 is 30.1 Å². The van der Waals surface area contributed by atoms with Gasteiger partial charge in [0, 0.05) is 45.7 Å². The van der Waals surface area contributed by atoms with Gasteiger partial charge in [-0.15, -0.1) is 0 Å². The van der Waals surface area contributed by atoms with Gasteiger partial charge in [-0.05, 0) is 91.2 Å². The molecule has 0 radical (unpaired) electrons. The van der Waals surface area contributed by atoms with Crippen LogP contribution in [0.25, 0.3) is 32.7 Å². The Morgan fingerprint density at radius 1 is 0.603 bits per heavy atom. The number of halogens is 3. The van der Waals surface area contributed by atoms with Crippen molar-refractivity contribution in [3.05, 3.63) is 169 Å². The second-order valence-corrected chi connectivity index (χ2v) is 18.7. The average molecular weight is 1000 g/mol. The maximum absolute atomic E-state index is 12.3. The van der Waals surface area contributed by atoms with Gasteiger partial charge < -0.3 is 29.7 Å². The van der Waals surface area contributed by atoms with E-state index in [0.717, 1.165) is 88.4 Å². The molecular weight excluding hydrogens is 943 g/mol. The number of hydrogen-bond acceptors (Lipinski definition) is 10. The average Bonchev–Trinajstić information content (AvgIpc) is 3.34. The summed E-state index contributed by atoms with van der Waals surface area (Å²) in [7, 11) is -0.222. The smallest absolute Gasteiger partial charge is 0.195 e. The Labute approximate surface area is 413 Å². The quantitative estimate of drug-likeness (QED) is 0.107. The number of benzene rings is 5. The highest BCUT2D eigenvalue weighted by molar-refractivity contribution is 7.91. The zero-order chi connectivity index (χ0) is 49.2. The Bertz CT molecular complexity index is 3080. The highest BCUT2D eigenvalue weighted by Gasteiger charge is 2.19. The Kier molecular flexibility index (Phi) is 20.3. The number of rotatable bonds is 14. The number of ether oxygens (including phenoxy) is 4. The molecule has 0 aliphatic heterocycles. The van der Waals surface area contributed by atoms with E-state index in [9.17, 15) is 13.2 Å². The first kappa shape index (κ1) is 53.1. The van der Waals surface area contributed by atoms with Crippen LogP contribution in [0.2, 0.25) is 15.1 Å². The van der Waals surface area contributed by atoms with Crippen molar-refractivity contribution < 1.29 is 27.4 Å². The molecule has 0 saturated heterocycles.